The number of fused-ring (bicyclic) bond motifs is 4. The highest BCUT2D eigenvalue weighted by Gasteiger charge is 2.52. The van der Waals surface area contributed by atoms with Crippen molar-refractivity contribution in [2.45, 2.75) is 50.8 Å². The molecule has 1 aliphatic carbocycles. The summed E-state index contributed by atoms with van der Waals surface area (Å²) in [5, 5.41) is 7.20. The largest absolute Gasteiger partial charge is 0.466 e. The van der Waals surface area contributed by atoms with Gasteiger partial charge in [-0.05, 0) is 50.1 Å². The van der Waals surface area contributed by atoms with E-state index in [-0.39, 0.29) is 11.8 Å². The van der Waals surface area contributed by atoms with Crippen molar-refractivity contribution in [2.75, 3.05) is 0 Å². The van der Waals surface area contributed by atoms with Crippen molar-refractivity contribution in [3.8, 4) is 5.75 Å². The Morgan fingerprint density at radius 2 is 2.04 bits per heavy atom. The SMILES string of the molecule is Cc1ccc(C2=NN3[C@H](C2)c2cc(Br)ccc2OC32CCCC2)o1. The van der Waals surface area contributed by atoms with E-state index in [1.165, 1.54) is 18.4 Å². The van der Waals surface area contributed by atoms with Crippen molar-refractivity contribution in [1.82, 2.24) is 5.01 Å². The fraction of sp³-hybridized carbons (Fsp3) is 0.421. The van der Waals surface area contributed by atoms with Crippen LogP contribution in [0.3, 0.4) is 0 Å². The number of halogens is 1. The van der Waals surface area contributed by atoms with Crippen LogP contribution in [0.2, 0.25) is 0 Å². The molecular formula is C19H19BrN2O2. The first-order chi connectivity index (χ1) is 11.6. The lowest BCUT2D eigenvalue weighted by atomic mass is 9.95. The Labute approximate surface area is 149 Å². The van der Waals surface area contributed by atoms with Crippen LogP contribution in [0, 0.1) is 6.92 Å². The lowest BCUT2D eigenvalue weighted by Gasteiger charge is -2.45. The number of furan rings is 1. The van der Waals surface area contributed by atoms with Gasteiger partial charge in [0.25, 0.3) is 0 Å². The van der Waals surface area contributed by atoms with E-state index in [1.54, 1.807) is 0 Å². The Hall–Kier alpha value is -1.75. The zero-order chi connectivity index (χ0) is 16.3. The van der Waals surface area contributed by atoms with Gasteiger partial charge in [0, 0.05) is 29.3 Å². The highest BCUT2D eigenvalue weighted by atomic mass is 79.9. The summed E-state index contributed by atoms with van der Waals surface area (Å²) >= 11 is 3.60. The van der Waals surface area contributed by atoms with Gasteiger partial charge in [-0.15, -0.1) is 0 Å². The molecule has 0 unspecified atom stereocenters. The zero-order valence-electron chi connectivity index (χ0n) is 13.6. The summed E-state index contributed by atoms with van der Waals surface area (Å²) in [4.78, 5) is 0. The van der Waals surface area contributed by atoms with E-state index in [0.29, 0.717) is 0 Å². The number of hydrogen-bond donors (Lipinski definition) is 0. The normalized spacial score (nSPS) is 23.8. The Kier molecular flexibility index (Phi) is 3.11. The Morgan fingerprint density at radius 3 is 2.79 bits per heavy atom. The van der Waals surface area contributed by atoms with E-state index in [4.69, 9.17) is 14.3 Å². The topological polar surface area (TPSA) is 38.0 Å². The molecule has 0 saturated heterocycles. The van der Waals surface area contributed by atoms with Gasteiger partial charge in [0.05, 0.1) is 6.04 Å². The molecular weight excluding hydrogens is 368 g/mol. The summed E-state index contributed by atoms with van der Waals surface area (Å²) < 4.78 is 13.4. The molecule has 0 amide bonds. The molecule has 0 bridgehead atoms. The van der Waals surface area contributed by atoms with Gasteiger partial charge in [0.15, 0.2) is 5.72 Å². The summed E-state index contributed by atoms with van der Waals surface area (Å²) in [6.07, 6.45) is 5.32. The molecule has 3 aliphatic rings. The first kappa shape index (κ1) is 14.6. The number of hydrazone groups is 1. The van der Waals surface area contributed by atoms with Crippen LogP contribution in [0.1, 0.15) is 55.2 Å². The molecule has 0 radical (unpaired) electrons. The molecule has 2 aliphatic heterocycles. The maximum Gasteiger partial charge on any atom is 0.198 e. The third kappa shape index (κ3) is 2.07. The van der Waals surface area contributed by atoms with Crippen molar-refractivity contribution >= 4 is 21.6 Å². The van der Waals surface area contributed by atoms with E-state index in [1.807, 2.05) is 19.1 Å². The molecule has 1 fully saturated rings. The van der Waals surface area contributed by atoms with Gasteiger partial charge < -0.3 is 9.15 Å². The number of ether oxygens (including phenoxy) is 1. The molecule has 5 heteroatoms. The molecule has 1 aromatic carbocycles. The quantitative estimate of drug-likeness (QED) is 0.678. The first-order valence-electron chi connectivity index (χ1n) is 8.57. The lowest BCUT2D eigenvalue weighted by molar-refractivity contribution is -0.114. The van der Waals surface area contributed by atoms with E-state index in [0.717, 1.165) is 46.7 Å². The van der Waals surface area contributed by atoms with E-state index < -0.39 is 0 Å². The molecule has 1 atom stereocenters. The van der Waals surface area contributed by atoms with Crippen molar-refractivity contribution < 1.29 is 9.15 Å². The molecule has 1 spiro atoms. The second-order valence-electron chi connectivity index (χ2n) is 6.96. The third-order valence-corrected chi connectivity index (χ3v) is 5.86. The van der Waals surface area contributed by atoms with Crippen molar-refractivity contribution in [3.05, 3.63) is 51.9 Å². The summed E-state index contributed by atoms with van der Waals surface area (Å²) in [5.41, 5.74) is 1.95. The highest BCUT2D eigenvalue weighted by molar-refractivity contribution is 9.10. The van der Waals surface area contributed by atoms with E-state index >= 15 is 0 Å². The Balaban J connectivity index is 1.62. The van der Waals surface area contributed by atoms with Crippen molar-refractivity contribution in [3.63, 3.8) is 0 Å². The van der Waals surface area contributed by atoms with Crippen LogP contribution in [-0.4, -0.2) is 16.4 Å². The molecule has 5 rings (SSSR count). The summed E-state index contributed by atoms with van der Waals surface area (Å²) in [6.45, 7) is 1.97. The number of nitrogens with zero attached hydrogens (tertiary/aromatic N) is 2. The lowest BCUT2D eigenvalue weighted by Crippen LogP contribution is -2.51. The van der Waals surface area contributed by atoms with Gasteiger partial charge in [-0.3, -0.25) is 0 Å². The van der Waals surface area contributed by atoms with Crippen LogP contribution in [0.5, 0.6) is 5.75 Å². The van der Waals surface area contributed by atoms with Crippen molar-refractivity contribution in [2.24, 2.45) is 5.10 Å². The minimum absolute atomic E-state index is 0.227. The predicted octanol–water partition coefficient (Wildman–Crippen LogP) is 5.16. The number of rotatable bonds is 1. The average molecular weight is 387 g/mol. The van der Waals surface area contributed by atoms with E-state index in [2.05, 4.69) is 39.1 Å². The van der Waals surface area contributed by atoms with Crippen LogP contribution < -0.4 is 4.74 Å². The molecule has 4 nitrogen and oxygen atoms in total. The van der Waals surface area contributed by atoms with Crippen LogP contribution in [0.15, 0.2) is 44.3 Å². The van der Waals surface area contributed by atoms with Crippen LogP contribution in [0.25, 0.3) is 0 Å². The maximum atomic E-state index is 6.51. The molecule has 3 heterocycles. The van der Waals surface area contributed by atoms with Crippen LogP contribution in [-0.2, 0) is 0 Å². The highest BCUT2D eigenvalue weighted by Crippen LogP contribution is 2.52. The molecule has 24 heavy (non-hydrogen) atoms. The Morgan fingerprint density at radius 1 is 1.21 bits per heavy atom. The molecule has 124 valence electrons. The maximum absolute atomic E-state index is 6.51. The van der Waals surface area contributed by atoms with Gasteiger partial charge in [-0.1, -0.05) is 15.9 Å². The number of hydrogen-bond acceptors (Lipinski definition) is 4. The monoisotopic (exact) mass is 386 g/mol. The molecule has 2 aromatic rings. The average Bonchev–Trinajstić information content (AvgIpc) is 3.28. The minimum atomic E-state index is -0.283. The summed E-state index contributed by atoms with van der Waals surface area (Å²) in [7, 11) is 0. The van der Waals surface area contributed by atoms with E-state index in [9.17, 15) is 0 Å². The Bertz CT molecular complexity index is 836. The van der Waals surface area contributed by atoms with Gasteiger partial charge in [-0.2, -0.15) is 5.10 Å². The van der Waals surface area contributed by atoms with Crippen LogP contribution in [0.4, 0.5) is 0 Å². The third-order valence-electron chi connectivity index (χ3n) is 5.37. The summed E-state index contributed by atoms with van der Waals surface area (Å²) in [6, 6.07) is 10.6. The zero-order valence-corrected chi connectivity index (χ0v) is 15.2. The fourth-order valence-electron chi connectivity index (χ4n) is 4.25. The van der Waals surface area contributed by atoms with Crippen molar-refractivity contribution in [1.29, 1.82) is 0 Å². The first-order valence-corrected chi connectivity index (χ1v) is 9.36. The number of benzene rings is 1. The predicted molar refractivity (Wildman–Crippen MR) is 95.1 cm³/mol. The van der Waals surface area contributed by atoms with Gasteiger partial charge in [0.2, 0.25) is 0 Å². The molecule has 1 saturated carbocycles. The minimum Gasteiger partial charge on any atom is -0.466 e. The van der Waals surface area contributed by atoms with Gasteiger partial charge in [0.1, 0.15) is 23.0 Å². The molecule has 1 aromatic heterocycles. The second-order valence-corrected chi connectivity index (χ2v) is 7.87. The van der Waals surface area contributed by atoms with Gasteiger partial charge in [-0.25, -0.2) is 5.01 Å². The second kappa shape index (κ2) is 5.12. The smallest absolute Gasteiger partial charge is 0.198 e. The van der Waals surface area contributed by atoms with Gasteiger partial charge >= 0.3 is 0 Å². The van der Waals surface area contributed by atoms with Crippen LogP contribution >= 0.6 is 15.9 Å². The number of aryl methyl sites for hydroxylation is 1. The summed E-state index contributed by atoms with van der Waals surface area (Å²) in [5.74, 6) is 2.81. The fourth-order valence-corrected chi connectivity index (χ4v) is 4.63. The standard InChI is InChI=1S/C19H19BrN2O2/c1-12-4-6-18(23-12)15-11-16-14-10-13(20)5-7-17(14)24-19(22(16)21-15)8-2-3-9-19/h4-7,10,16H,2-3,8-9,11H2,1H3/t16-/m1/s1. The molecule has 0 N–H and O–H groups in total.